The summed E-state index contributed by atoms with van der Waals surface area (Å²) in [5.74, 6) is 0. The molecule has 0 radical (unpaired) electrons. The van der Waals surface area contributed by atoms with Gasteiger partial charge < -0.3 is 11.1 Å². The first kappa shape index (κ1) is 9.52. The summed E-state index contributed by atoms with van der Waals surface area (Å²) in [5, 5.41) is 3.26. The van der Waals surface area contributed by atoms with Crippen molar-refractivity contribution < 1.29 is 0 Å². The van der Waals surface area contributed by atoms with Crippen LogP contribution in [0, 0.1) is 0 Å². The van der Waals surface area contributed by atoms with Gasteiger partial charge in [0.2, 0.25) is 0 Å². The van der Waals surface area contributed by atoms with E-state index in [4.69, 9.17) is 5.73 Å². The van der Waals surface area contributed by atoms with E-state index in [1.165, 1.54) is 0 Å². The first-order chi connectivity index (χ1) is 7.34. The second kappa shape index (κ2) is 4.46. The third kappa shape index (κ3) is 2.71. The molecule has 0 fully saturated rings. The molecule has 0 saturated heterocycles. The van der Waals surface area contributed by atoms with E-state index < -0.39 is 0 Å². The van der Waals surface area contributed by atoms with E-state index in [2.05, 4.69) is 10.3 Å². The van der Waals surface area contributed by atoms with Crippen molar-refractivity contribution in [2.24, 2.45) is 0 Å². The van der Waals surface area contributed by atoms with Gasteiger partial charge in [-0.2, -0.15) is 0 Å². The predicted molar refractivity (Wildman–Crippen MR) is 62.4 cm³/mol. The minimum atomic E-state index is 0.713. The minimum absolute atomic E-state index is 0.713. The van der Waals surface area contributed by atoms with E-state index in [9.17, 15) is 0 Å². The average Bonchev–Trinajstić information content (AvgIpc) is 2.28. The molecule has 0 aliphatic rings. The molecule has 2 aromatic rings. The zero-order valence-electron chi connectivity index (χ0n) is 8.35. The average molecular weight is 199 g/mol. The van der Waals surface area contributed by atoms with Crippen LogP contribution in [0.4, 0.5) is 11.4 Å². The molecule has 15 heavy (non-hydrogen) atoms. The molecule has 1 heterocycles. The Morgan fingerprint density at radius 2 is 2.07 bits per heavy atom. The van der Waals surface area contributed by atoms with Gasteiger partial charge in [0, 0.05) is 17.6 Å². The number of benzene rings is 1. The predicted octanol–water partition coefficient (Wildman–Crippen LogP) is 2.28. The number of aromatic nitrogens is 1. The van der Waals surface area contributed by atoms with E-state index in [0.717, 1.165) is 17.1 Å². The van der Waals surface area contributed by atoms with E-state index in [1.807, 2.05) is 42.5 Å². The maximum atomic E-state index is 5.67. The number of rotatable bonds is 3. The van der Waals surface area contributed by atoms with Gasteiger partial charge in [-0.1, -0.05) is 12.1 Å². The second-order valence-electron chi connectivity index (χ2n) is 3.30. The summed E-state index contributed by atoms with van der Waals surface area (Å²) < 4.78 is 0. The standard InChI is InChI=1S/C12H13N3/c13-10-4-3-6-11(8-10)15-9-12-5-1-2-7-14-12/h1-8,15H,9,13H2. The maximum Gasteiger partial charge on any atom is 0.0594 e. The molecule has 0 spiro atoms. The van der Waals surface area contributed by atoms with Crippen molar-refractivity contribution >= 4 is 11.4 Å². The van der Waals surface area contributed by atoms with Crippen LogP contribution < -0.4 is 11.1 Å². The number of nitrogens with two attached hydrogens (primary N) is 1. The largest absolute Gasteiger partial charge is 0.399 e. The number of anilines is 2. The zero-order chi connectivity index (χ0) is 10.5. The lowest BCUT2D eigenvalue weighted by Gasteiger charge is -2.06. The van der Waals surface area contributed by atoms with Gasteiger partial charge in [0.1, 0.15) is 0 Å². The Labute approximate surface area is 89.0 Å². The van der Waals surface area contributed by atoms with Crippen LogP contribution in [0.1, 0.15) is 5.69 Å². The van der Waals surface area contributed by atoms with Gasteiger partial charge in [0.25, 0.3) is 0 Å². The van der Waals surface area contributed by atoms with Crippen LogP contribution in [0.25, 0.3) is 0 Å². The van der Waals surface area contributed by atoms with Crippen molar-refractivity contribution in [3.05, 3.63) is 54.4 Å². The van der Waals surface area contributed by atoms with Crippen LogP contribution in [0.5, 0.6) is 0 Å². The molecule has 0 atom stereocenters. The van der Waals surface area contributed by atoms with Gasteiger partial charge in [-0.05, 0) is 30.3 Å². The Morgan fingerprint density at radius 3 is 2.80 bits per heavy atom. The van der Waals surface area contributed by atoms with Gasteiger partial charge in [0.05, 0.1) is 12.2 Å². The summed E-state index contributed by atoms with van der Waals surface area (Å²) in [6.07, 6.45) is 1.79. The van der Waals surface area contributed by atoms with Gasteiger partial charge in [-0.15, -0.1) is 0 Å². The lowest BCUT2D eigenvalue weighted by atomic mass is 10.2. The van der Waals surface area contributed by atoms with Gasteiger partial charge >= 0.3 is 0 Å². The molecule has 3 nitrogen and oxygen atoms in total. The fraction of sp³-hybridized carbons (Fsp3) is 0.0833. The topological polar surface area (TPSA) is 50.9 Å². The van der Waals surface area contributed by atoms with Gasteiger partial charge in [-0.25, -0.2) is 0 Å². The molecular weight excluding hydrogens is 186 g/mol. The highest BCUT2D eigenvalue weighted by molar-refractivity contribution is 5.54. The van der Waals surface area contributed by atoms with E-state index in [-0.39, 0.29) is 0 Å². The number of nitrogen functional groups attached to an aromatic ring is 1. The van der Waals surface area contributed by atoms with Gasteiger partial charge in [-0.3, -0.25) is 4.98 Å². The van der Waals surface area contributed by atoms with Crippen LogP contribution in [0.2, 0.25) is 0 Å². The summed E-state index contributed by atoms with van der Waals surface area (Å²) in [4.78, 5) is 4.22. The lowest BCUT2D eigenvalue weighted by molar-refractivity contribution is 1.05. The van der Waals surface area contributed by atoms with Crippen molar-refractivity contribution in [1.29, 1.82) is 0 Å². The third-order valence-corrected chi connectivity index (χ3v) is 2.09. The number of nitrogens with one attached hydrogen (secondary N) is 1. The van der Waals surface area contributed by atoms with Crippen LogP contribution in [-0.2, 0) is 6.54 Å². The highest BCUT2D eigenvalue weighted by Crippen LogP contribution is 2.12. The zero-order valence-corrected chi connectivity index (χ0v) is 8.35. The van der Waals surface area contributed by atoms with Crippen LogP contribution in [0.15, 0.2) is 48.7 Å². The van der Waals surface area contributed by atoms with Crippen LogP contribution >= 0.6 is 0 Å². The number of hydrogen-bond acceptors (Lipinski definition) is 3. The molecule has 0 bridgehead atoms. The fourth-order valence-electron chi connectivity index (χ4n) is 1.34. The monoisotopic (exact) mass is 199 g/mol. The number of hydrogen-bond donors (Lipinski definition) is 2. The Morgan fingerprint density at radius 1 is 1.13 bits per heavy atom. The minimum Gasteiger partial charge on any atom is -0.399 e. The number of nitrogens with zero attached hydrogens (tertiary/aromatic N) is 1. The molecule has 0 amide bonds. The number of pyridine rings is 1. The summed E-state index contributed by atoms with van der Waals surface area (Å²) in [5.41, 5.74) is 8.47. The molecule has 3 heteroatoms. The van der Waals surface area contributed by atoms with Crippen molar-refractivity contribution in [2.45, 2.75) is 6.54 Å². The highest BCUT2D eigenvalue weighted by atomic mass is 14.9. The summed E-state index contributed by atoms with van der Waals surface area (Å²) >= 11 is 0. The molecule has 1 aromatic carbocycles. The molecule has 0 aliphatic carbocycles. The smallest absolute Gasteiger partial charge is 0.0594 e. The Balaban J connectivity index is 1.99. The fourth-order valence-corrected chi connectivity index (χ4v) is 1.34. The Hall–Kier alpha value is -2.03. The van der Waals surface area contributed by atoms with Gasteiger partial charge in [0.15, 0.2) is 0 Å². The molecule has 0 unspecified atom stereocenters. The molecular formula is C12H13N3. The highest BCUT2D eigenvalue weighted by Gasteiger charge is 1.94. The Bertz CT molecular complexity index is 426. The molecule has 3 N–H and O–H groups in total. The summed E-state index contributed by atoms with van der Waals surface area (Å²) in [7, 11) is 0. The second-order valence-corrected chi connectivity index (χ2v) is 3.30. The molecule has 76 valence electrons. The third-order valence-electron chi connectivity index (χ3n) is 2.09. The normalized spacial score (nSPS) is 9.87. The Kier molecular flexibility index (Phi) is 2.83. The van der Waals surface area contributed by atoms with Crippen LogP contribution in [-0.4, -0.2) is 4.98 Å². The quantitative estimate of drug-likeness (QED) is 0.745. The lowest BCUT2D eigenvalue weighted by Crippen LogP contribution is -2.01. The first-order valence-electron chi connectivity index (χ1n) is 4.84. The molecule has 0 saturated carbocycles. The van der Waals surface area contributed by atoms with E-state index >= 15 is 0 Å². The SMILES string of the molecule is Nc1cccc(NCc2ccccn2)c1. The van der Waals surface area contributed by atoms with Crippen molar-refractivity contribution in [3.8, 4) is 0 Å². The van der Waals surface area contributed by atoms with E-state index in [1.54, 1.807) is 6.20 Å². The molecule has 2 rings (SSSR count). The summed E-state index contributed by atoms with van der Waals surface area (Å²) in [6, 6.07) is 13.6. The van der Waals surface area contributed by atoms with Crippen LogP contribution in [0.3, 0.4) is 0 Å². The first-order valence-corrected chi connectivity index (χ1v) is 4.84. The van der Waals surface area contributed by atoms with Crippen molar-refractivity contribution in [3.63, 3.8) is 0 Å². The maximum absolute atomic E-state index is 5.67. The molecule has 1 aromatic heterocycles. The van der Waals surface area contributed by atoms with E-state index in [0.29, 0.717) is 6.54 Å². The summed E-state index contributed by atoms with van der Waals surface area (Å²) in [6.45, 7) is 0.713. The molecule has 0 aliphatic heterocycles. The van der Waals surface area contributed by atoms with Crippen molar-refractivity contribution in [1.82, 2.24) is 4.98 Å². The van der Waals surface area contributed by atoms with Crippen molar-refractivity contribution in [2.75, 3.05) is 11.1 Å².